The smallest absolute Gasteiger partial charge is 0.338 e. The highest BCUT2D eigenvalue weighted by atomic mass is 35.5. The van der Waals surface area contributed by atoms with E-state index < -0.39 is 36.1 Å². The van der Waals surface area contributed by atoms with Crippen LogP contribution in [0.5, 0.6) is 0 Å². The second-order valence-corrected chi connectivity index (χ2v) is 9.04. The second kappa shape index (κ2) is 11.8. The summed E-state index contributed by atoms with van der Waals surface area (Å²) in [7, 11) is 0. The Balaban J connectivity index is 1.42. The maximum absolute atomic E-state index is 13.1. The van der Waals surface area contributed by atoms with Crippen molar-refractivity contribution in [3.8, 4) is 0 Å². The standard InChI is InChI=1S/C29H24ClNO7/c1-2-3-4-15-37-28(35)19-7-12-22(13-8-19)31-26(33)23-14-9-20(16-24(23)27(31)34)29(36)38-17-25(32)18-5-10-21(30)11-6-18/h5-14,16H,2-4,15,17H2,1H3. The number of halogens is 1. The fraction of sp³-hybridized carbons (Fsp3) is 0.207. The first-order chi connectivity index (χ1) is 18.3. The highest BCUT2D eigenvalue weighted by molar-refractivity contribution is 6.34. The van der Waals surface area contributed by atoms with Crippen molar-refractivity contribution < 1.29 is 33.4 Å². The van der Waals surface area contributed by atoms with Crippen LogP contribution < -0.4 is 4.90 Å². The van der Waals surface area contributed by atoms with E-state index in [2.05, 4.69) is 6.92 Å². The number of ether oxygens (including phenoxy) is 2. The van der Waals surface area contributed by atoms with Gasteiger partial charge < -0.3 is 9.47 Å². The van der Waals surface area contributed by atoms with Gasteiger partial charge >= 0.3 is 11.9 Å². The van der Waals surface area contributed by atoms with Gasteiger partial charge in [0.25, 0.3) is 11.8 Å². The van der Waals surface area contributed by atoms with Crippen LogP contribution in [-0.4, -0.2) is 42.7 Å². The molecule has 0 spiro atoms. The number of hydrogen-bond acceptors (Lipinski definition) is 7. The largest absolute Gasteiger partial charge is 0.462 e. The number of amides is 2. The molecule has 8 nitrogen and oxygen atoms in total. The van der Waals surface area contributed by atoms with Crippen LogP contribution in [0.3, 0.4) is 0 Å². The molecule has 0 fully saturated rings. The summed E-state index contributed by atoms with van der Waals surface area (Å²) in [5.74, 6) is -2.88. The summed E-state index contributed by atoms with van der Waals surface area (Å²) < 4.78 is 10.3. The maximum Gasteiger partial charge on any atom is 0.338 e. The number of benzene rings is 3. The molecule has 1 aliphatic rings. The van der Waals surface area contributed by atoms with E-state index in [1.807, 2.05) is 0 Å². The topological polar surface area (TPSA) is 107 Å². The van der Waals surface area contributed by atoms with Gasteiger partial charge in [0.05, 0.1) is 34.5 Å². The molecule has 0 unspecified atom stereocenters. The molecule has 0 atom stereocenters. The number of hydrogen-bond donors (Lipinski definition) is 0. The molecule has 0 saturated carbocycles. The Labute approximate surface area is 224 Å². The predicted octanol–water partition coefficient (Wildman–Crippen LogP) is 5.53. The van der Waals surface area contributed by atoms with Gasteiger partial charge in [0, 0.05) is 10.6 Å². The summed E-state index contributed by atoms with van der Waals surface area (Å²) in [5.41, 5.74) is 1.10. The summed E-state index contributed by atoms with van der Waals surface area (Å²) in [5, 5.41) is 0.473. The zero-order valence-corrected chi connectivity index (χ0v) is 21.3. The molecule has 0 N–H and O–H groups in total. The van der Waals surface area contributed by atoms with E-state index in [1.165, 1.54) is 54.6 Å². The SMILES string of the molecule is CCCCCOC(=O)c1ccc(N2C(=O)c3ccc(C(=O)OCC(=O)c4ccc(Cl)cc4)cc3C2=O)cc1. The lowest BCUT2D eigenvalue weighted by Gasteiger charge is -2.14. The van der Waals surface area contributed by atoms with Crippen molar-refractivity contribution in [1.29, 1.82) is 0 Å². The number of nitrogens with zero attached hydrogens (tertiary/aromatic N) is 1. The van der Waals surface area contributed by atoms with Crippen molar-refractivity contribution in [2.24, 2.45) is 0 Å². The van der Waals surface area contributed by atoms with Crippen LogP contribution in [0, 0.1) is 0 Å². The van der Waals surface area contributed by atoms with Gasteiger partial charge in [-0.3, -0.25) is 14.4 Å². The number of unbranched alkanes of at least 4 members (excludes halogenated alkanes) is 2. The maximum atomic E-state index is 13.1. The molecule has 3 aromatic rings. The van der Waals surface area contributed by atoms with Crippen molar-refractivity contribution in [3.05, 3.63) is 99.6 Å². The quantitative estimate of drug-likeness (QED) is 0.146. The van der Waals surface area contributed by atoms with E-state index in [4.69, 9.17) is 21.1 Å². The zero-order chi connectivity index (χ0) is 27.2. The normalized spacial score (nSPS) is 12.3. The first-order valence-corrected chi connectivity index (χ1v) is 12.4. The van der Waals surface area contributed by atoms with Gasteiger partial charge in [0.2, 0.25) is 0 Å². The predicted molar refractivity (Wildman–Crippen MR) is 140 cm³/mol. The summed E-state index contributed by atoms with van der Waals surface area (Å²) in [4.78, 5) is 64.0. The number of carbonyl (C=O) groups is 5. The summed E-state index contributed by atoms with van der Waals surface area (Å²) >= 11 is 5.82. The van der Waals surface area contributed by atoms with Gasteiger partial charge in [-0.15, -0.1) is 0 Å². The molecule has 0 radical (unpaired) electrons. The van der Waals surface area contributed by atoms with Crippen molar-refractivity contribution in [1.82, 2.24) is 0 Å². The van der Waals surface area contributed by atoms with Gasteiger partial charge in [-0.05, 0) is 73.2 Å². The zero-order valence-electron chi connectivity index (χ0n) is 20.6. The molecule has 3 aromatic carbocycles. The highest BCUT2D eigenvalue weighted by Crippen LogP contribution is 2.29. The lowest BCUT2D eigenvalue weighted by Crippen LogP contribution is -2.29. The van der Waals surface area contributed by atoms with Crippen molar-refractivity contribution >= 4 is 46.8 Å². The third kappa shape index (κ3) is 5.81. The number of esters is 2. The number of rotatable bonds is 10. The molecule has 0 bridgehead atoms. The molecule has 0 aliphatic carbocycles. The van der Waals surface area contributed by atoms with Crippen LogP contribution in [-0.2, 0) is 9.47 Å². The third-order valence-electron chi connectivity index (χ3n) is 5.97. The van der Waals surface area contributed by atoms with Crippen LogP contribution in [0.4, 0.5) is 5.69 Å². The molecule has 2 amide bonds. The highest BCUT2D eigenvalue weighted by Gasteiger charge is 2.37. The van der Waals surface area contributed by atoms with Crippen LogP contribution in [0.2, 0.25) is 5.02 Å². The lowest BCUT2D eigenvalue weighted by atomic mass is 10.1. The number of anilines is 1. The van der Waals surface area contributed by atoms with E-state index in [1.54, 1.807) is 12.1 Å². The van der Waals surface area contributed by atoms with Gasteiger partial charge in [-0.2, -0.15) is 0 Å². The van der Waals surface area contributed by atoms with Crippen molar-refractivity contribution in [2.75, 3.05) is 18.1 Å². The molecule has 1 heterocycles. The number of carbonyl (C=O) groups excluding carboxylic acids is 5. The van der Waals surface area contributed by atoms with E-state index in [0.29, 0.717) is 22.8 Å². The third-order valence-corrected chi connectivity index (χ3v) is 6.22. The summed E-state index contributed by atoms with van der Waals surface area (Å²) in [6.07, 6.45) is 2.76. The Kier molecular flexibility index (Phi) is 8.33. The van der Waals surface area contributed by atoms with E-state index >= 15 is 0 Å². The number of fused-ring (bicyclic) bond motifs is 1. The van der Waals surface area contributed by atoms with E-state index in [0.717, 1.165) is 24.2 Å². The lowest BCUT2D eigenvalue weighted by molar-refractivity contribution is 0.0473. The molecule has 194 valence electrons. The Morgan fingerprint density at radius 2 is 1.34 bits per heavy atom. The van der Waals surface area contributed by atoms with Crippen LogP contribution in [0.25, 0.3) is 0 Å². The minimum Gasteiger partial charge on any atom is -0.462 e. The molecular weight excluding hydrogens is 510 g/mol. The number of Topliss-reactive ketones (excluding diaryl/α,β-unsaturated/α-hetero) is 1. The minimum absolute atomic E-state index is 0.0248. The molecule has 38 heavy (non-hydrogen) atoms. The van der Waals surface area contributed by atoms with Gasteiger partial charge in [-0.25, -0.2) is 14.5 Å². The summed E-state index contributed by atoms with van der Waals surface area (Å²) in [6.45, 7) is 1.88. The first-order valence-electron chi connectivity index (χ1n) is 12.1. The average Bonchev–Trinajstić information content (AvgIpc) is 3.18. The Morgan fingerprint density at radius 1 is 0.737 bits per heavy atom. The van der Waals surface area contributed by atoms with Crippen LogP contribution >= 0.6 is 11.6 Å². The molecule has 4 rings (SSSR count). The Bertz CT molecular complexity index is 1400. The van der Waals surface area contributed by atoms with Gasteiger partial charge in [0.15, 0.2) is 12.4 Å². The molecular formula is C29H24ClNO7. The molecule has 0 saturated heterocycles. The van der Waals surface area contributed by atoms with Crippen molar-refractivity contribution in [2.45, 2.75) is 26.2 Å². The van der Waals surface area contributed by atoms with Gasteiger partial charge in [-0.1, -0.05) is 31.4 Å². The van der Waals surface area contributed by atoms with E-state index in [-0.39, 0.29) is 22.4 Å². The molecule has 0 aromatic heterocycles. The number of imide groups is 1. The van der Waals surface area contributed by atoms with Gasteiger partial charge in [0.1, 0.15) is 0 Å². The fourth-order valence-corrected chi connectivity index (χ4v) is 4.01. The first kappa shape index (κ1) is 26.8. The second-order valence-electron chi connectivity index (χ2n) is 8.60. The van der Waals surface area contributed by atoms with Crippen LogP contribution in [0.1, 0.15) is 78.0 Å². The monoisotopic (exact) mass is 533 g/mol. The number of ketones is 1. The average molecular weight is 534 g/mol. The Morgan fingerprint density at radius 3 is 2.03 bits per heavy atom. The minimum atomic E-state index is -0.810. The van der Waals surface area contributed by atoms with Crippen molar-refractivity contribution in [3.63, 3.8) is 0 Å². The molecule has 9 heteroatoms. The Hall–Kier alpha value is -4.30. The summed E-state index contributed by atoms with van der Waals surface area (Å²) in [6, 6.07) is 16.1. The van der Waals surface area contributed by atoms with E-state index in [9.17, 15) is 24.0 Å². The van der Waals surface area contributed by atoms with Crippen LogP contribution in [0.15, 0.2) is 66.7 Å². The molecule has 1 aliphatic heterocycles. The fourth-order valence-electron chi connectivity index (χ4n) is 3.88.